The lowest BCUT2D eigenvalue weighted by Gasteiger charge is -2.61. The normalized spacial score (nSPS) is 36.7. The minimum Gasteiger partial charge on any atom is -0.458 e. The monoisotopic (exact) mass is 738 g/mol. The van der Waals surface area contributed by atoms with Crippen LogP contribution >= 0.6 is 15.9 Å². The van der Waals surface area contributed by atoms with Crippen LogP contribution in [0.3, 0.4) is 0 Å². The minimum absolute atomic E-state index is 0.00173. The number of esters is 3. The van der Waals surface area contributed by atoms with Crippen molar-refractivity contribution in [3.8, 4) is 0 Å². The first-order chi connectivity index (χ1) is 23.3. The van der Waals surface area contributed by atoms with Crippen LogP contribution in [0, 0.1) is 41.4 Å². The number of hydrogen-bond donors (Lipinski definition) is 4. The van der Waals surface area contributed by atoms with Gasteiger partial charge in [-0.1, -0.05) is 66.2 Å². The Morgan fingerprint density at radius 2 is 1.90 bits per heavy atom. The zero-order chi connectivity index (χ0) is 35.2. The van der Waals surface area contributed by atoms with Gasteiger partial charge in [-0.3, -0.25) is 9.59 Å². The third-order valence-electron chi connectivity index (χ3n) is 11.2. The third-order valence-corrected chi connectivity index (χ3v) is 12.0. The number of carbonyl (C=O) groups is 4. The molecule has 3 aliphatic carbocycles. The van der Waals surface area contributed by atoms with Crippen molar-refractivity contribution in [1.82, 2.24) is 10.3 Å². The number of aromatic nitrogens is 1. The van der Waals surface area contributed by atoms with Crippen molar-refractivity contribution >= 4 is 39.7 Å². The fraction of sp³-hybridized carbons (Fsp3) is 0.514. The van der Waals surface area contributed by atoms with Gasteiger partial charge in [0, 0.05) is 53.2 Å². The number of cyclic esters (lactones) is 1. The second-order valence-electron chi connectivity index (χ2n) is 14.0. The molecule has 0 radical (unpaired) electrons. The van der Waals surface area contributed by atoms with Crippen LogP contribution in [0.1, 0.15) is 56.6 Å². The molecule has 0 saturated heterocycles. The van der Waals surface area contributed by atoms with E-state index in [-0.39, 0.29) is 42.6 Å². The van der Waals surface area contributed by atoms with E-state index in [0.29, 0.717) is 17.7 Å². The fourth-order valence-electron chi connectivity index (χ4n) is 8.73. The molecule has 262 valence electrons. The van der Waals surface area contributed by atoms with Gasteiger partial charge in [0.2, 0.25) is 0 Å². The molecule has 11 nitrogen and oxygen atoms in total. The van der Waals surface area contributed by atoms with E-state index in [9.17, 15) is 29.4 Å². The van der Waals surface area contributed by atoms with Crippen LogP contribution in [-0.4, -0.2) is 69.0 Å². The van der Waals surface area contributed by atoms with E-state index in [1.165, 1.54) is 0 Å². The van der Waals surface area contributed by atoms with E-state index in [4.69, 9.17) is 14.2 Å². The summed E-state index contributed by atoms with van der Waals surface area (Å²) in [6, 6.07) is 10.7. The minimum atomic E-state index is -1.40. The summed E-state index contributed by atoms with van der Waals surface area (Å²) in [5.41, 5.74) is 0.374. The number of aromatic amines is 1. The lowest BCUT2D eigenvalue weighted by molar-refractivity contribution is -0.180. The molecule has 1 aliphatic heterocycles. The van der Waals surface area contributed by atoms with Gasteiger partial charge in [0.15, 0.2) is 0 Å². The SMILES string of the molecule is C/C1=C\[C@@H](C)C([C@@H](C)OC(=O)C(=O)NCc2ccccc2Br)OC(=O)CC[C@H]2C=CC3C(C4[C@H]3[C@H](OC(=O)c3ccc[nH]3)[C@H](C)[C@H]4O)[C@]12O. The first kappa shape index (κ1) is 35.1. The summed E-state index contributed by atoms with van der Waals surface area (Å²) in [5.74, 6) is -5.36. The predicted molar refractivity (Wildman–Crippen MR) is 180 cm³/mol. The molecule has 2 aromatic rings. The van der Waals surface area contributed by atoms with Crippen LogP contribution in [0.25, 0.3) is 0 Å². The van der Waals surface area contributed by atoms with Crippen molar-refractivity contribution < 1.29 is 43.6 Å². The van der Waals surface area contributed by atoms with Gasteiger partial charge in [-0.2, -0.15) is 0 Å². The number of allylic oxidation sites excluding steroid dienone is 1. The number of aliphatic hydroxyl groups is 2. The van der Waals surface area contributed by atoms with E-state index in [1.54, 1.807) is 32.2 Å². The van der Waals surface area contributed by atoms with E-state index in [1.807, 2.05) is 56.3 Å². The largest absolute Gasteiger partial charge is 0.458 e. The average molecular weight is 740 g/mol. The van der Waals surface area contributed by atoms with Gasteiger partial charge in [0.05, 0.1) is 11.7 Å². The highest BCUT2D eigenvalue weighted by atomic mass is 79.9. The molecule has 49 heavy (non-hydrogen) atoms. The van der Waals surface area contributed by atoms with E-state index in [2.05, 4.69) is 26.2 Å². The number of aliphatic hydroxyl groups excluding tert-OH is 1. The number of H-pyrrole nitrogens is 1. The molecular formula is C37H43BrN2O9. The van der Waals surface area contributed by atoms with Crippen LogP contribution < -0.4 is 5.32 Å². The Hall–Kier alpha value is -3.74. The number of halogens is 1. The Balaban J connectivity index is 1.19. The third kappa shape index (κ3) is 6.39. The number of rotatable bonds is 6. The van der Waals surface area contributed by atoms with Gasteiger partial charge in [-0.15, -0.1) is 0 Å². The first-order valence-corrected chi connectivity index (χ1v) is 17.7. The highest BCUT2D eigenvalue weighted by molar-refractivity contribution is 9.10. The summed E-state index contributed by atoms with van der Waals surface area (Å²) in [6.45, 7) is 7.20. The number of fused-ring (bicyclic) bond motifs is 6. The molecular weight excluding hydrogens is 696 g/mol. The van der Waals surface area contributed by atoms with Crippen molar-refractivity contribution in [2.24, 2.45) is 41.4 Å². The molecule has 1 amide bonds. The van der Waals surface area contributed by atoms with E-state index in [0.717, 1.165) is 10.0 Å². The van der Waals surface area contributed by atoms with Crippen LogP contribution in [-0.2, 0) is 35.1 Å². The molecule has 2 saturated carbocycles. The molecule has 0 spiro atoms. The lowest BCUT2D eigenvalue weighted by atomic mass is 9.46. The van der Waals surface area contributed by atoms with Crippen molar-refractivity contribution in [3.63, 3.8) is 0 Å². The van der Waals surface area contributed by atoms with Crippen LogP contribution in [0.2, 0.25) is 0 Å². The number of ether oxygens (including phenoxy) is 3. The standard InChI is InChI=1S/C37H43BrN2O9/c1-18-16-19(2)37(46)23(11-13-24-28-29(30(24)37)31(42)20(3)33(28)49-35(44)26-10-7-15-39-26)12-14-27(41)48-32(18)21(4)47-36(45)34(43)40-17-22-8-5-6-9-25(22)38/h5-11,13,15-16,18,20-21,23-24,28-33,39,42,46H,12,14,17H2,1-4H3,(H,40,43)/b19-16+/t18-,20-,21-,23-,24?,28+,29?,30?,31-,32?,33-,37+/m1/s1. The number of nitrogens with one attached hydrogen (secondary N) is 2. The molecule has 4 N–H and O–H groups in total. The molecule has 4 unspecified atom stereocenters. The van der Waals surface area contributed by atoms with Gasteiger partial charge in [0.25, 0.3) is 0 Å². The Bertz CT molecular complexity index is 1660. The highest BCUT2D eigenvalue weighted by Crippen LogP contribution is 2.66. The van der Waals surface area contributed by atoms with Gasteiger partial charge in [-0.25, -0.2) is 9.59 Å². The fourth-order valence-corrected chi connectivity index (χ4v) is 9.15. The Labute approximate surface area is 293 Å². The van der Waals surface area contributed by atoms with Crippen molar-refractivity contribution in [2.75, 3.05) is 0 Å². The molecule has 0 bridgehead atoms. The van der Waals surface area contributed by atoms with Gasteiger partial charge in [-0.05, 0) is 61.4 Å². The predicted octanol–water partition coefficient (Wildman–Crippen LogP) is 4.24. The quantitative estimate of drug-likeness (QED) is 0.147. The maximum atomic E-state index is 13.1. The van der Waals surface area contributed by atoms with Crippen molar-refractivity contribution in [2.45, 2.75) is 77.1 Å². The van der Waals surface area contributed by atoms with Gasteiger partial charge >= 0.3 is 23.8 Å². The Morgan fingerprint density at radius 3 is 2.61 bits per heavy atom. The van der Waals surface area contributed by atoms with Gasteiger partial charge in [0.1, 0.15) is 24.0 Å². The summed E-state index contributed by atoms with van der Waals surface area (Å²) >= 11 is 3.42. The second-order valence-corrected chi connectivity index (χ2v) is 14.8. The van der Waals surface area contributed by atoms with Crippen LogP contribution in [0.5, 0.6) is 0 Å². The molecule has 4 aliphatic rings. The molecule has 1 aromatic heterocycles. The van der Waals surface area contributed by atoms with Crippen LogP contribution in [0.4, 0.5) is 0 Å². The highest BCUT2D eigenvalue weighted by Gasteiger charge is 2.70. The summed E-state index contributed by atoms with van der Waals surface area (Å²) in [7, 11) is 0. The number of benzene rings is 1. The Morgan fingerprint density at radius 1 is 1.14 bits per heavy atom. The maximum absolute atomic E-state index is 13.1. The smallest absolute Gasteiger partial charge is 0.397 e. The zero-order valence-electron chi connectivity index (χ0n) is 27.9. The molecule has 1 aromatic carbocycles. The second kappa shape index (κ2) is 13.9. The topological polar surface area (TPSA) is 164 Å². The number of carbonyl (C=O) groups excluding carboxylic acids is 4. The Kier molecular flexibility index (Phi) is 9.94. The summed E-state index contributed by atoms with van der Waals surface area (Å²) in [5, 5.41) is 26.8. The number of amides is 1. The van der Waals surface area contributed by atoms with Crippen molar-refractivity contribution in [3.05, 3.63) is 82.1 Å². The zero-order valence-corrected chi connectivity index (χ0v) is 29.5. The van der Waals surface area contributed by atoms with Crippen LogP contribution in [0.15, 0.2) is 70.9 Å². The molecule has 2 heterocycles. The summed E-state index contributed by atoms with van der Waals surface area (Å²) in [4.78, 5) is 54.3. The first-order valence-electron chi connectivity index (χ1n) is 16.9. The molecule has 2 fully saturated rings. The number of hydrogen-bond acceptors (Lipinski definition) is 9. The summed E-state index contributed by atoms with van der Waals surface area (Å²) < 4.78 is 18.1. The molecule has 12 heteroatoms. The molecule has 12 atom stereocenters. The lowest BCUT2D eigenvalue weighted by Crippen LogP contribution is -2.64. The summed E-state index contributed by atoms with van der Waals surface area (Å²) in [6.07, 6.45) is 4.52. The molecule has 6 rings (SSSR count). The maximum Gasteiger partial charge on any atom is 0.397 e. The van der Waals surface area contributed by atoms with E-state index < -0.39 is 65.7 Å². The average Bonchev–Trinajstić information content (AvgIpc) is 3.66. The van der Waals surface area contributed by atoms with E-state index >= 15 is 0 Å². The van der Waals surface area contributed by atoms with Gasteiger partial charge < -0.3 is 34.7 Å². The van der Waals surface area contributed by atoms with Crippen molar-refractivity contribution in [1.29, 1.82) is 0 Å².